The highest BCUT2D eigenvalue weighted by Crippen LogP contribution is 2.25. The molecule has 0 aliphatic heterocycles. The summed E-state index contributed by atoms with van der Waals surface area (Å²) in [6.45, 7) is 0. The van der Waals surface area contributed by atoms with Gasteiger partial charge in [0.1, 0.15) is 11.5 Å². The van der Waals surface area contributed by atoms with Crippen LogP contribution in [0.1, 0.15) is 17.0 Å². The Balaban J connectivity index is 2.23. The predicted octanol–water partition coefficient (Wildman–Crippen LogP) is 3.11. The second-order valence-corrected chi connectivity index (χ2v) is 4.72. The van der Waals surface area contributed by atoms with Crippen molar-refractivity contribution in [2.75, 3.05) is 14.2 Å². The number of carboxylic acid groups (broad SMARTS) is 1. The van der Waals surface area contributed by atoms with Gasteiger partial charge in [0.25, 0.3) is 0 Å². The van der Waals surface area contributed by atoms with Crippen molar-refractivity contribution in [1.82, 2.24) is 0 Å². The van der Waals surface area contributed by atoms with E-state index in [0.717, 1.165) is 16.9 Å². The van der Waals surface area contributed by atoms with Crippen molar-refractivity contribution in [2.45, 2.75) is 12.3 Å². The Morgan fingerprint density at radius 3 is 2.29 bits per heavy atom. The van der Waals surface area contributed by atoms with Crippen LogP contribution in [0.2, 0.25) is 0 Å². The van der Waals surface area contributed by atoms with Crippen LogP contribution in [0.3, 0.4) is 0 Å². The number of benzene rings is 2. The minimum Gasteiger partial charge on any atom is -0.497 e. The standard InChI is InChI=1S/C17H18O4/c1-20-14-8-6-13(7-9-14)16(17(18)19)11-12-4-3-5-15(10-12)21-2/h3-10,16H,11H2,1-2H3,(H,18,19)/t16-/m0/s1. The lowest BCUT2D eigenvalue weighted by atomic mass is 9.92. The van der Waals surface area contributed by atoms with Crippen molar-refractivity contribution >= 4 is 5.97 Å². The van der Waals surface area contributed by atoms with E-state index in [0.29, 0.717) is 12.2 Å². The highest BCUT2D eigenvalue weighted by atomic mass is 16.5. The van der Waals surface area contributed by atoms with E-state index in [2.05, 4.69) is 0 Å². The molecule has 4 heteroatoms. The van der Waals surface area contributed by atoms with Crippen LogP contribution in [-0.2, 0) is 11.2 Å². The first-order chi connectivity index (χ1) is 10.1. The topological polar surface area (TPSA) is 55.8 Å². The SMILES string of the molecule is COc1ccc([C@H](Cc2cccc(OC)c2)C(=O)O)cc1. The van der Waals surface area contributed by atoms with Gasteiger partial charge in [0.15, 0.2) is 0 Å². The summed E-state index contributed by atoms with van der Waals surface area (Å²) in [6, 6.07) is 14.6. The van der Waals surface area contributed by atoms with E-state index in [9.17, 15) is 9.90 Å². The van der Waals surface area contributed by atoms with Gasteiger partial charge < -0.3 is 14.6 Å². The zero-order chi connectivity index (χ0) is 15.2. The molecule has 0 bridgehead atoms. The highest BCUT2D eigenvalue weighted by molar-refractivity contribution is 5.76. The number of hydrogen-bond acceptors (Lipinski definition) is 3. The fourth-order valence-corrected chi connectivity index (χ4v) is 2.22. The maximum Gasteiger partial charge on any atom is 0.311 e. The van der Waals surface area contributed by atoms with E-state index in [1.165, 1.54) is 0 Å². The molecular weight excluding hydrogens is 268 g/mol. The predicted molar refractivity (Wildman–Crippen MR) is 80.1 cm³/mol. The van der Waals surface area contributed by atoms with Gasteiger partial charge in [-0.1, -0.05) is 24.3 Å². The summed E-state index contributed by atoms with van der Waals surface area (Å²) >= 11 is 0. The molecule has 0 saturated carbocycles. The summed E-state index contributed by atoms with van der Waals surface area (Å²) in [5, 5.41) is 9.48. The first-order valence-corrected chi connectivity index (χ1v) is 6.63. The zero-order valence-corrected chi connectivity index (χ0v) is 12.1. The van der Waals surface area contributed by atoms with Crippen LogP contribution < -0.4 is 9.47 Å². The molecule has 0 spiro atoms. The molecule has 21 heavy (non-hydrogen) atoms. The third-order valence-corrected chi connectivity index (χ3v) is 3.39. The number of ether oxygens (including phenoxy) is 2. The van der Waals surface area contributed by atoms with Gasteiger partial charge in [-0.3, -0.25) is 4.79 Å². The Labute approximate surface area is 123 Å². The first kappa shape index (κ1) is 14.9. The van der Waals surface area contributed by atoms with E-state index in [4.69, 9.17) is 9.47 Å². The van der Waals surface area contributed by atoms with Gasteiger partial charge in [-0.15, -0.1) is 0 Å². The maximum absolute atomic E-state index is 11.6. The molecule has 2 rings (SSSR count). The van der Waals surface area contributed by atoms with Crippen LogP contribution in [0.4, 0.5) is 0 Å². The third-order valence-electron chi connectivity index (χ3n) is 3.39. The van der Waals surface area contributed by atoms with E-state index in [1.54, 1.807) is 38.5 Å². The van der Waals surface area contributed by atoms with E-state index in [-0.39, 0.29) is 0 Å². The average Bonchev–Trinajstić information content (AvgIpc) is 2.52. The van der Waals surface area contributed by atoms with Crippen molar-refractivity contribution in [2.24, 2.45) is 0 Å². The Kier molecular flexibility index (Phi) is 4.82. The lowest BCUT2D eigenvalue weighted by Crippen LogP contribution is -2.14. The molecule has 0 heterocycles. The van der Waals surface area contributed by atoms with Crippen LogP contribution in [0.25, 0.3) is 0 Å². The molecule has 0 fully saturated rings. The molecule has 2 aromatic rings. The van der Waals surface area contributed by atoms with Crippen LogP contribution >= 0.6 is 0 Å². The van der Waals surface area contributed by atoms with Gasteiger partial charge in [-0.2, -0.15) is 0 Å². The Bertz CT molecular complexity index is 604. The van der Waals surface area contributed by atoms with Crippen molar-refractivity contribution in [3.8, 4) is 11.5 Å². The van der Waals surface area contributed by atoms with Crippen molar-refractivity contribution in [1.29, 1.82) is 0 Å². The molecule has 0 saturated heterocycles. The molecule has 0 aliphatic rings. The number of hydrogen-bond donors (Lipinski definition) is 1. The Morgan fingerprint density at radius 2 is 1.71 bits per heavy atom. The second kappa shape index (κ2) is 6.79. The van der Waals surface area contributed by atoms with E-state index in [1.807, 2.05) is 24.3 Å². The fourth-order valence-electron chi connectivity index (χ4n) is 2.22. The van der Waals surface area contributed by atoms with Gasteiger partial charge in [-0.25, -0.2) is 0 Å². The van der Waals surface area contributed by atoms with Gasteiger partial charge in [0.2, 0.25) is 0 Å². The Hall–Kier alpha value is -2.49. The van der Waals surface area contributed by atoms with E-state index >= 15 is 0 Å². The van der Waals surface area contributed by atoms with Crippen molar-refractivity contribution in [3.05, 3.63) is 59.7 Å². The summed E-state index contributed by atoms with van der Waals surface area (Å²) < 4.78 is 10.3. The highest BCUT2D eigenvalue weighted by Gasteiger charge is 2.20. The van der Waals surface area contributed by atoms with Crippen LogP contribution in [0, 0.1) is 0 Å². The van der Waals surface area contributed by atoms with Crippen LogP contribution in [0.15, 0.2) is 48.5 Å². The fraction of sp³-hybridized carbons (Fsp3) is 0.235. The molecule has 1 N–H and O–H groups in total. The molecule has 4 nitrogen and oxygen atoms in total. The molecule has 2 aromatic carbocycles. The minimum atomic E-state index is -0.844. The molecule has 1 atom stereocenters. The van der Waals surface area contributed by atoms with E-state index < -0.39 is 11.9 Å². The summed E-state index contributed by atoms with van der Waals surface area (Å²) in [5.74, 6) is 0.00152. The number of carbonyl (C=O) groups is 1. The quantitative estimate of drug-likeness (QED) is 0.886. The summed E-state index contributed by atoms with van der Waals surface area (Å²) in [5.41, 5.74) is 1.68. The maximum atomic E-state index is 11.6. The molecule has 0 amide bonds. The lowest BCUT2D eigenvalue weighted by molar-refractivity contribution is -0.138. The average molecular weight is 286 g/mol. The van der Waals surface area contributed by atoms with Gasteiger partial charge in [0.05, 0.1) is 20.1 Å². The van der Waals surface area contributed by atoms with Gasteiger partial charge in [-0.05, 0) is 41.8 Å². The summed E-state index contributed by atoms with van der Waals surface area (Å²) in [7, 11) is 3.18. The number of carboxylic acids is 1. The van der Waals surface area contributed by atoms with Crippen molar-refractivity contribution in [3.63, 3.8) is 0 Å². The monoisotopic (exact) mass is 286 g/mol. The first-order valence-electron chi connectivity index (χ1n) is 6.63. The largest absolute Gasteiger partial charge is 0.497 e. The molecular formula is C17H18O4. The van der Waals surface area contributed by atoms with Crippen LogP contribution in [0.5, 0.6) is 11.5 Å². The molecule has 0 aromatic heterocycles. The normalized spacial score (nSPS) is 11.7. The molecule has 0 aliphatic carbocycles. The Morgan fingerprint density at radius 1 is 1.05 bits per heavy atom. The second-order valence-electron chi connectivity index (χ2n) is 4.72. The third kappa shape index (κ3) is 3.75. The van der Waals surface area contributed by atoms with Gasteiger partial charge in [0, 0.05) is 0 Å². The van der Waals surface area contributed by atoms with Crippen molar-refractivity contribution < 1.29 is 19.4 Å². The molecule has 0 unspecified atom stereocenters. The molecule has 0 radical (unpaired) electrons. The zero-order valence-electron chi connectivity index (χ0n) is 12.1. The summed E-state index contributed by atoms with van der Waals surface area (Å²) in [6.07, 6.45) is 0.416. The number of methoxy groups -OCH3 is 2. The smallest absolute Gasteiger partial charge is 0.311 e. The molecule has 110 valence electrons. The number of rotatable bonds is 6. The summed E-state index contributed by atoms with van der Waals surface area (Å²) in [4.78, 5) is 11.6. The van der Waals surface area contributed by atoms with Gasteiger partial charge >= 0.3 is 5.97 Å². The lowest BCUT2D eigenvalue weighted by Gasteiger charge is -2.14. The minimum absolute atomic E-state index is 0.416. The van der Waals surface area contributed by atoms with Crippen LogP contribution in [-0.4, -0.2) is 25.3 Å². The number of aliphatic carboxylic acids is 1.